The van der Waals surface area contributed by atoms with E-state index >= 15 is 0 Å². The number of nitrogens with two attached hydrogens (primary N) is 1. The number of nitrogens with zero attached hydrogens (tertiary/aromatic N) is 2. The van der Waals surface area contributed by atoms with Crippen LogP contribution in [0.1, 0.15) is 0 Å². The summed E-state index contributed by atoms with van der Waals surface area (Å²) in [6, 6.07) is 12.5. The van der Waals surface area contributed by atoms with E-state index in [0.717, 1.165) is 4.90 Å². The lowest BCUT2D eigenvalue weighted by atomic mass is 10.3. The van der Waals surface area contributed by atoms with Gasteiger partial charge in [0.2, 0.25) is 0 Å². The van der Waals surface area contributed by atoms with Gasteiger partial charge in [0.25, 0.3) is 0 Å². The number of nitrogen functional groups attached to an aromatic ring is 1. The Morgan fingerprint density at radius 2 is 1.62 bits per heavy atom. The van der Waals surface area contributed by atoms with Gasteiger partial charge in [-0.2, -0.15) is 0 Å². The third-order valence-electron chi connectivity index (χ3n) is 3.06. The molecule has 0 atom stereocenters. The number of hydrogen-bond donors (Lipinski definition) is 2. The lowest BCUT2D eigenvalue weighted by Crippen LogP contribution is -2.02. The summed E-state index contributed by atoms with van der Waals surface area (Å²) in [4.78, 5) is 9.38. The SMILES string of the molecule is Nc1c(Nc2cc(Cl)ccc2Cl)ncnc1Sc1ccc(Cl)cc1. The third-order valence-corrected chi connectivity index (χ3v) is 4.90. The van der Waals surface area contributed by atoms with E-state index < -0.39 is 0 Å². The molecule has 0 spiro atoms. The normalized spacial score (nSPS) is 10.6. The van der Waals surface area contributed by atoms with Crippen LogP contribution in [0, 0.1) is 0 Å². The zero-order valence-electron chi connectivity index (χ0n) is 12.1. The predicted molar refractivity (Wildman–Crippen MR) is 102 cm³/mol. The Morgan fingerprint density at radius 1 is 0.917 bits per heavy atom. The van der Waals surface area contributed by atoms with Gasteiger partial charge in [0.1, 0.15) is 17.0 Å². The molecule has 3 rings (SSSR count). The van der Waals surface area contributed by atoms with Gasteiger partial charge in [-0.15, -0.1) is 0 Å². The second kappa shape index (κ2) is 7.49. The van der Waals surface area contributed by atoms with E-state index in [2.05, 4.69) is 15.3 Å². The first-order valence-electron chi connectivity index (χ1n) is 6.79. The van der Waals surface area contributed by atoms with Crippen LogP contribution in [0.25, 0.3) is 0 Å². The molecule has 3 N–H and O–H groups in total. The predicted octanol–water partition coefficient (Wildman–Crippen LogP) is 5.91. The average molecular weight is 398 g/mol. The number of nitrogens with one attached hydrogen (secondary N) is 1. The number of halogens is 3. The van der Waals surface area contributed by atoms with Gasteiger partial charge in [0, 0.05) is 14.9 Å². The number of rotatable bonds is 4. The second-order valence-electron chi connectivity index (χ2n) is 4.75. The molecule has 3 aromatic rings. The minimum atomic E-state index is 0.425. The molecular weight excluding hydrogens is 387 g/mol. The van der Waals surface area contributed by atoms with Crippen LogP contribution in [0.15, 0.2) is 58.7 Å². The van der Waals surface area contributed by atoms with Crippen molar-refractivity contribution in [1.82, 2.24) is 9.97 Å². The summed E-state index contributed by atoms with van der Waals surface area (Å²) in [6.45, 7) is 0. The van der Waals surface area contributed by atoms with Crippen LogP contribution in [-0.2, 0) is 0 Å². The molecule has 0 radical (unpaired) electrons. The smallest absolute Gasteiger partial charge is 0.158 e. The molecule has 0 unspecified atom stereocenters. The van der Waals surface area contributed by atoms with Crippen molar-refractivity contribution in [3.05, 3.63) is 63.9 Å². The van der Waals surface area contributed by atoms with Crippen LogP contribution < -0.4 is 11.1 Å². The van der Waals surface area contributed by atoms with Crippen LogP contribution in [0.5, 0.6) is 0 Å². The lowest BCUT2D eigenvalue weighted by molar-refractivity contribution is 1.06. The second-order valence-corrected chi connectivity index (χ2v) is 7.09. The van der Waals surface area contributed by atoms with Crippen molar-refractivity contribution < 1.29 is 0 Å². The first-order chi connectivity index (χ1) is 11.5. The highest BCUT2D eigenvalue weighted by Crippen LogP contribution is 2.36. The molecule has 1 heterocycles. The van der Waals surface area contributed by atoms with Gasteiger partial charge < -0.3 is 11.1 Å². The van der Waals surface area contributed by atoms with Crippen molar-refractivity contribution >= 4 is 63.8 Å². The molecule has 0 bridgehead atoms. The molecule has 0 aliphatic heterocycles. The van der Waals surface area contributed by atoms with Crippen LogP contribution in [0.4, 0.5) is 17.2 Å². The van der Waals surface area contributed by atoms with E-state index in [9.17, 15) is 0 Å². The van der Waals surface area contributed by atoms with Crippen LogP contribution in [0.2, 0.25) is 15.1 Å². The fraction of sp³-hybridized carbons (Fsp3) is 0. The quantitative estimate of drug-likeness (QED) is 0.535. The summed E-state index contributed by atoms with van der Waals surface area (Å²) in [5.74, 6) is 0.464. The topological polar surface area (TPSA) is 63.8 Å². The van der Waals surface area contributed by atoms with Gasteiger partial charge in [-0.25, -0.2) is 9.97 Å². The lowest BCUT2D eigenvalue weighted by Gasteiger charge is -2.12. The average Bonchev–Trinajstić information content (AvgIpc) is 2.56. The summed E-state index contributed by atoms with van der Waals surface area (Å²) in [7, 11) is 0. The van der Waals surface area contributed by atoms with Gasteiger partial charge >= 0.3 is 0 Å². The molecule has 0 saturated heterocycles. The van der Waals surface area contributed by atoms with E-state index in [-0.39, 0.29) is 0 Å². The number of hydrogen-bond acceptors (Lipinski definition) is 5. The molecule has 0 amide bonds. The largest absolute Gasteiger partial charge is 0.394 e. The molecule has 0 aliphatic carbocycles. The van der Waals surface area contributed by atoms with Gasteiger partial charge in [-0.1, -0.05) is 46.6 Å². The highest BCUT2D eigenvalue weighted by Gasteiger charge is 2.11. The fourth-order valence-corrected chi connectivity index (χ4v) is 3.16. The van der Waals surface area contributed by atoms with Gasteiger partial charge in [-0.3, -0.25) is 0 Å². The van der Waals surface area contributed by atoms with Crippen LogP contribution >= 0.6 is 46.6 Å². The summed E-state index contributed by atoms with van der Waals surface area (Å²) in [6.07, 6.45) is 1.44. The molecule has 8 heteroatoms. The Kier molecular flexibility index (Phi) is 5.36. The van der Waals surface area contributed by atoms with E-state index in [1.165, 1.54) is 18.1 Å². The maximum atomic E-state index is 6.19. The maximum absolute atomic E-state index is 6.19. The number of aromatic nitrogens is 2. The van der Waals surface area contributed by atoms with Crippen molar-refractivity contribution in [3.63, 3.8) is 0 Å². The monoisotopic (exact) mass is 396 g/mol. The highest BCUT2D eigenvalue weighted by atomic mass is 35.5. The Morgan fingerprint density at radius 3 is 2.38 bits per heavy atom. The van der Waals surface area contributed by atoms with Gasteiger partial charge in [0.05, 0.1) is 10.7 Å². The molecule has 0 saturated carbocycles. The fourth-order valence-electron chi connectivity index (χ4n) is 1.90. The number of anilines is 3. The number of benzene rings is 2. The summed E-state index contributed by atoms with van der Waals surface area (Å²) >= 11 is 19.5. The first kappa shape index (κ1) is 17.2. The Labute approximate surface area is 158 Å². The summed E-state index contributed by atoms with van der Waals surface area (Å²) in [5.41, 5.74) is 7.23. The molecular formula is C16H11Cl3N4S. The van der Waals surface area contributed by atoms with Gasteiger partial charge in [-0.05, 0) is 42.5 Å². The van der Waals surface area contributed by atoms with Crippen molar-refractivity contribution in [1.29, 1.82) is 0 Å². The molecule has 4 nitrogen and oxygen atoms in total. The Bertz CT molecular complexity index is 872. The minimum absolute atomic E-state index is 0.425. The van der Waals surface area contributed by atoms with Crippen molar-refractivity contribution in [3.8, 4) is 0 Å². The van der Waals surface area contributed by atoms with Crippen molar-refractivity contribution in [2.24, 2.45) is 0 Å². The van der Waals surface area contributed by atoms with E-state index in [0.29, 0.717) is 37.3 Å². The third kappa shape index (κ3) is 4.05. The standard InChI is InChI=1S/C16H11Cl3N4S/c17-9-1-4-11(5-2-9)24-16-14(20)15(21-8-22-16)23-13-7-10(18)3-6-12(13)19/h1-8H,20H2,(H,21,22,23). The van der Waals surface area contributed by atoms with Crippen LogP contribution in [0.3, 0.4) is 0 Å². The van der Waals surface area contributed by atoms with Crippen molar-refractivity contribution in [2.75, 3.05) is 11.1 Å². The molecule has 1 aromatic heterocycles. The highest BCUT2D eigenvalue weighted by molar-refractivity contribution is 7.99. The Hall–Kier alpha value is -1.66. The Balaban J connectivity index is 1.88. The van der Waals surface area contributed by atoms with Crippen molar-refractivity contribution in [2.45, 2.75) is 9.92 Å². The zero-order valence-corrected chi connectivity index (χ0v) is 15.2. The summed E-state index contributed by atoms with van der Waals surface area (Å²) in [5, 5.41) is 5.47. The van der Waals surface area contributed by atoms with E-state index in [1.807, 2.05) is 24.3 Å². The summed E-state index contributed by atoms with van der Waals surface area (Å²) < 4.78 is 0. The molecule has 2 aromatic carbocycles. The van der Waals surface area contributed by atoms with E-state index in [1.54, 1.807) is 18.2 Å². The molecule has 0 aliphatic rings. The van der Waals surface area contributed by atoms with Crippen LogP contribution in [-0.4, -0.2) is 9.97 Å². The first-order valence-corrected chi connectivity index (χ1v) is 8.74. The molecule has 0 fully saturated rings. The zero-order chi connectivity index (χ0) is 17.1. The minimum Gasteiger partial charge on any atom is -0.394 e. The maximum Gasteiger partial charge on any atom is 0.158 e. The molecule has 24 heavy (non-hydrogen) atoms. The van der Waals surface area contributed by atoms with Gasteiger partial charge in [0.15, 0.2) is 5.82 Å². The molecule has 122 valence electrons. The van der Waals surface area contributed by atoms with E-state index in [4.69, 9.17) is 40.5 Å².